The second-order valence-electron chi connectivity index (χ2n) is 6.15. The summed E-state index contributed by atoms with van der Waals surface area (Å²) in [6, 6.07) is 7.09. The highest BCUT2D eigenvalue weighted by molar-refractivity contribution is 5.95. The maximum Gasteiger partial charge on any atom is 0.270 e. The minimum absolute atomic E-state index is 0.0125. The SMILES string of the molecule is O=C(NC1CCC(c2nccc(=O)[nH]2)CC1)c1cccc([N+](=O)[O-])c1. The summed E-state index contributed by atoms with van der Waals surface area (Å²) in [5.41, 5.74) is 0.0203. The zero-order valence-electron chi connectivity index (χ0n) is 13.5. The minimum Gasteiger partial charge on any atom is -0.349 e. The molecule has 8 nitrogen and oxygen atoms in total. The molecule has 2 N–H and O–H groups in total. The Balaban J connectivity index is 1.58. The van der Waals surface area contributed by atoms with Gasteiger partial charge in [0.15, 0.2) is 0 Å². The Morgan fingerprint density at radius 1 is 1.24 bits per heavy atom. The van der Waals surface area contributed by atoms with Crippen LogP contribution in [-0.4, -0.2) is 26.8 Å². The summed E-state index contributed by atoms with van der Waals surface area (Å²) in [5.74, 6) is 0.564. The summed E-state index contributed by atoms with van der Waals surface area (Å²) < 4.78 is 0. The minimum atomic E-state index is -0.518. The predicted molar refractivity (Wildman–Crippen MR) is 90.4 cm³/mol. The van der Waals surface area contributed by atoms with Gasteiger partial charge < -0.3 is 10.3 Å². The van der Waals surface area contributed by atoms with Crippen LogP contribution in [0.1, 0.15) is 47.8 Å². The Kier molecular flexibility index (Phi) is 4.87. The summed E-state index contributed by atoms with van der Waals surface area (Å²) in [4.78, 5) is 40.9. The van der Waals surface area contributed by atoms with Crippen molar-refractivity contribution < 1.29 is 9.72 Å². The smallest absolute Gasteiger partial charge is 0.270 e. The fourth-order valence-electron chi connectivity index (χ4n) is 3.13. The molecule has 2 aromatic rings. The second-order valence-corrected chi connectivity index (χ2v) is 6.15. The van der Waals surface area contributed by atoms with Crippen LogP contribution in [0.4, 0.5) is 5.69 Å². The van der Waals surface area contributed by atoms with Crippen LogP contribution in [0, 0.1) is 10.1 Å². The van der Waals surface area contributed by atoms with Crippen molar-refractivity contribution in [2.24, 2.45) is 0 Å². The standard InChI is InChI=1S/C17H18N4O4/c22-15-8-9-18-16(20-15)11-4-6-13(7-5-11)19-17(23)12-2-1-3-14(10-12)21(24)25/h1-3,8-11,13H,4-7H2,(H,19,23)(H,18,20,22). The van der Waals surface area contributed by atoms with E-state index in [9.17, 15) is 19.7 Å². The van der Waals surface area contributed by atoms with Crippen molar-refractivity contribution >= 4 is 11.6 Å². The van der Waals surface area contributed by atoms with Crippen molar-refractivity contribution in [1.29, 1.82) is 0 Å². The lowest BCUT2D eigenvalue weighted by atomic mass is 9.85. The normalized spacial score (nSPS) is 20.0. The van der Waals surface area contributed by atoms with E-state index in [1.165, 1.54) is 30.5 Å². The van der Waals surface area contributed by atoms with Crippen molar-refractivity contribution in [1.82, 2.24) is 15.3 Å². The van der Waals surface area contributed by atoms with Crippen LogP contribution in [0.3, 0.4) is 0 Å². The molecule has 3 rings (SSSR count). The van der Waals surface area contributed by atoms with E-state index >= 15 is 0 Å². The monoisotopic (exact) mass is 342 g/mol. The highest BCUT2D eigenvalue weighted by atomic mass is 16.6. The third kappa shape index (κ3) is 4.09. The van der Waals surface area contributed by atoms with E-state index in [4.69, 9.17) is 0 Å². The first kappa shape index (κ1) is 16.8. The lowest BCUT2D eigenvalue weighted by molar-refractivity contribution is -0.384. The van der Waals surface area contributed by atoms with Gasteiger partial charge in [0.2, 0.25) is 0 Å². The van der Waals surface area contributed by atoms with Gasteiger partial charge in [0.05, 0.1) is 4.92 Å². The summed E-state index contributed by atoms with van der Waals surface area (Å²) in [5, 5.41) is 13.7. The van der Waals surface area contributed by atoms with Gasteiger partial charge in [0.25, 0.3) is 17.2 Å². The number of hydrogen-bond donors (Lipinski definition) is 2. The van der Waals surface area contributed by atoms with Crippen LogP contribution in [0.2, 0.25) is 0 Å². The molecule has 0 atom stereocenters. The molecule has 1 aromatic carbocycles. The van der Waals surface area contributed by atoms with Gasteiger partial charge in [0.1, 0.15) is 5.82 Å². The number of H-pyrrole nitrogens is 1. The molecule has 0 bridgehead atoms. The molecule has 0 radical (unpaired) electrons. The van der Waals surface area contributed by atoms with Crippen molar-refractivity contribution in [3.8, 4) is 0 Å². The van der Waals surface area contributed by atoms with Crippen LogP contribution in [-0.2, 0) is 0 Å². The van der Waals surface area contributed by atoms with Crippen molar-refractivity contribution in [3.63, 3.8) is 0 Å². The first-order valence-corrected chi connectivity index (χ1v) is 8.13. The number of aromatic amines is 1. The van der Waals surface area contributed by atoms with Crippen LogP contribution in [0.5, 0.6) is 0 Å². The molecule has 0 unspecified atom stereocenters. The largest absolute Gasteiger partial charge is 0.349 e. The quantitative estimate of drug-likeness (QED) is 0.652. The fraction of sp³-hybridized carbons (Fsp3) is 0.353. The van der Waals surface area contributed by atoms with Gasteiger partial charge in [-0.15, -0.1) is 0 Å². The molecule has 0 spiro atoms. The number of aromatic nitrogens is 2. The van der Waals surface area contributed by atoms with Gasteiger partial charge in [0, 0.05) is 41.9 Å². The molecular weight excluding hydrogens is 324 g/mol. The summed E-state index contributed by atoms with van der Waals surface area (Å²) in [6.45, 7) is 0. The second kappa shape index (κ2) is 7.25. The Labute approximate surface area is 143 Å². The van der Waals surface area contributed by atoms with E-state index in [1.807, 2.05) is 0 Å². The number of benzene rings is 1. The zero-order chi connectivity index (χ0) is 17.8. The maximum absolute atomic E-state index is 12.3. The lowest BCUT2D eigenvalue weighted by Crippen LogP contribution is -2.37. The Hall–Kier alpha value is -3.03. The van der Waals surface area contributed by atoms with Crippen molar-refractivity contribution in [3.05, 3.63) is 68.4 Å². The number of nitro groups is 1. The van der Waals surface area contributed by atoms with Gasteiger partial charge in [-0.1, -0.05) is 6.07 Å². The number of nitro benzene ring substituents is 1. The molecule has 1 fully saturated rings. The first-order valence-electron chi connectivity index (χ1n) is 8.13. The predicted octanol–water partition coefficient (Wildman–Crippen LogP) is 2.13. The van der Waals surface area contributed by atoms with Gasteiger partial charge in [-0.3, -0.25) is 19.7 Å². The fourth-order valence-corrected chi connectivity index (χ4v) is 3.13. The van der Waals surface area contributed by atoms with Crippen LogP contribution in [0.15, 0.2) is 41.3 Å². The average molecular weight is 342 g/mol. The topological polar surface area (TPSA) is 118 Å². The molecule has 0 aliphatic heterocycles. The molecular formula is C17H18N4O4. The number of amides is 1. The molecule has 1 aliphatic rings. The van der Waals surface area contributed by atoms with Gasteiger partial charge in [-0.05, 0) is 31.7 Å². The number of hydrogen-bond acceptors (Lipinski definition) is 5. The molecule has 1 saturated carbocycles. The molecule has 130 valence electrons. The number of nitrogens with zero attached hydrogens (tertiary/aromatic N) is 2. The summed E-state index contributed by atoms with van der Waals surface area (Å²) in [6.07, 6.45) is 4.66. The van der Waals surface area contributed by atoms with E-state index < -0.39 is 4.92 Å². The molecule has 0 saturated heterocycles. The number of non-ortho nitro benzene ring substituents is 1. The molecule has 1 aliphatic carbocycles. The van der Waals surface area contributed by atoms with Crippen LogP contribution in [0.25, 0.3) is 0 Å². The number of carbonyl (C=O) groups excluding carboxylic acids is 1. The highest BCUT2D eigenvalue weighted by Gasteiger charge is 2.25. The van der Waals surface area contributed by atoms with Crippen LogP contribution >= 0.6 is 0 Å². The third-order valence-electron chi connectivity index (χ3n) is 4.46. The first-order chi connectivity index (χ1) is 12.0. The van der Waals surface area contributed by atoms with Crippen molar-refractivity contribution in [2.45, 2.75) is 37.6 Å². The Morgan fingerprint density at radius 3 is 2.68 bits per heavy atom. The van der Waals surface area contributed by atoms with Gasteiger partial charge in [-0.25, -0.2) is 4.98 Å². The van der Waals surface area contributed by atoms with Crippen LogP contribution < -0.4 is 10.9 Å². The third-order valence-corrected chi connectivity index (χ3v) is 4.46. The molecule has 1 aromatic heterocycles. The number of nitrogens with one attached hydrogen (secondary N) is 2. The lowest BCUT2D eigenvalue weighted by Gasteiger charge is -2.28. The molecule has 1 amide bonds. The summed E-state index contributed by atoms with van der Waals surface area (Å²) in [7, 11) is 0. The molecule has 1 heterocycles. The van der Waals surface area contributed by atoms with E-state index in [-0.39, 0.29) is 34.7 Å². The van der Waals surface area contributed by atoms with E-state index in [2.05, 4.69) is 15.3 Å². The maximum atomic E-state index is 12.3. The zero-order valence-corrected chi connectivity index (χ0v) is 13.5. The average Bonchev–Trinajstić information content (AvgIpc) is 2.62. The van der Waals surface area contributed by atoms with E-state index in [1.54, 1.807) is 6.07 Å². The van der Waals surface area contributed by atoms with E-state index in [0.717, 1.165) is 25.7 Å². The Bertz CT molecular complexity index is 840. The molecule has 25 heavy (non-hydrogen) atoms. The molecule has 8 heteroatoms. The number of carbonyl (C=O) groups is 1. The highest BCUT2D eigenvalue weighted by Crippen LogP contribution is 2.30. The van der Waals surface area contributed by atoms with Gasteiger partial charge in [-0.2, -0.15) is 0 Å². The summed E-state index contributed by atoms with van der Waals surface area (Å²) >= 11 is 0. The van der Waals surface area contributed by atoms with Gasteiger partial charge >= 0.3 is 0 Å². The number of rotatable bonds is 4. The van der Waals surface area contributed by atoms with E-state index in [0.29, 0.717) is 5.82 Å². The van der Waals surface area contributed by atoms with Crippen molar-refractivity contribution in [2.75, 3.05) is 0 Å². The Morgan fingerprint density at radius 2 is 2.00 bits per heavy atom.